The van der Waals surface area contributed by atoms with Crippen LogP contribution in [0, 0.1) is 12.3 Å². The van der Waals surface area contributed by atoms with Gasteiger partial charge in [0.1, 0.15) is 6.54 Å². The summed E-state index contributed by atoms with van der Waals surface area (Å²) < 4.78 is 0. The lowest BCUT2D eigenvalue weighted by Gasteiger charge is -2.23. The van der Waals surface area contributed by atoms with Crippen molar-refractivity contribution < 1.29 is 14.7 Å². The second-order valence-corrected chi connectivity index (χ2v) is 4.47. The number of anilines is 1. The predicted octanol–water partition coefficient (Wildman–Crippen LogP) is 2.35. The van der Waals surface area contributed by atoms with Crippen LogP contribution in [-0.4, -0.2) is 29.7 Å². The molecule has 5 nitrogen and oxygen atoms in total. The van der Waals surface area contributed by atoms with Crippen molar-refractivity contribution in [3.63, 3.8) is 0 Å². The highest BCUT2D eigenvalue weighted by Gasteiger charge is 2.20. The van der Waals surface area contributed by atoms with Crippen LogP contribution in [0.25, 0.3) is 0 Å². The van der Waals surface area contributed by atoms with Crippen LogP contribution in [0.5, 0.6) is 0 Å². The molecule has 1 unspecified atom stereocenters. The second-order valence-electron chi connectivity index (χ2n) is 4.04. The normalized spacial score (nSPS) is 11.2. The van der Waals surface area contributed by atoms with Gasteiger partial charge >= 0.3 is 12.0 Å². The first kappa shape index (κ1) is 15.9. The van der Waals surface area contributed by atoms with Crippen LogP contribution in [0.2, 0.25) is 5.02 Å². The number of nitrogens with one attached hydrogen (secondary N) is 1. The number of amides is 2. The van der Waals surface area contributed by atoms with Gasteiger partial charge in [0.05, 0.1) is 6.04 Å². The zero-order chi connectivity index (χ0) is 15.1. The molecule has 0 spiro atoms. The van der Waals surface area contributed by atoms with Crippen LogP contribution in [0.3, 0.4) is 0 Å². The van der Waals surface area contributed by atoms with Crippen molar-refractivity contribution >= 4 is 29.3 Å². The fourth-order valence-electron chi connectivity index (χ4n) is 1.55. The molecule has 1 rings (SSSR count). The Kier molecular flexibility index (Phi) is 5.88. The maximum atomic E-state index is 12.1. The summed E-state index contributed by atoms with van der Waals surface area (Å²) in [6.45, 7) is 1.35. The molecule has 0 saturated heterocycles. The van der Waals surface area contributed by atoms with Crippen LogP contribution < -0.4 is 10.2 Å². The van der Waals surface area contributed by atoms with E-state index in [1.165, 1.54) is 6.07 Å². The summed E-state index contributed by atoms with van der Waals surface area (Å²) in [5.74, 6) is 1.29. The third-order valence-corrected chi connectivity index (χ3v) is 2.80. The van der Waals surface area contributed by atoms with Crippen LogP contribution in [0.1, 0.15) is 13.3 Å². The smallest absolute Gasteiger partial charge is 0.323 e. The Bertz CT molecular complexity index is 539. The summed E-state index contributed by atoms with van der Waals surface area (Å²) >= 11 is 5.85. The number of carbonyl (C=O) groups excluding carboxylic acids is 1. The Labute approximate surface area is 122 Å². The third kappa shape index (κ3) is 4.48. The van der Waals surface area contributed by atoms with Crippen molar-refractivity contribution in [2.75, 3.05) is 11.4 Å². The number of carboxylic acid groups (broad SMARTS) is 1. The minimum absolute atomic E-state index is 0.393. The van der Waals surface area contributed by atoms with Crippen LogP contribution in [0.15, 0.2) is 24.3 Å². The first-order valence-electron chi connectivity index (χ1n) is 5.99. The summed E-state index contributed by atoms with van der Waals surface area (Å²) in [6, 6.07) is 5.38. The van der Waals surface area contributed by atoms with Gasteiger partial charge < -0.3 is 10.4 Å². The second kappa shape index (κ2) is 7.41. The summed E-state index contributed by atoms with van der Waals surface area (Å²) in [4.78, 5) is 24.1. The monoisotopic (exact) mass is 294 g/mol. The topological polar surface area (TPSA) is 69.6 Å². The number of terminal acetylenes is 1. The molecule has 0 fully saturated rings. The van der Waals surface area contributed by atoms with E-state index >= 15 is 0 Å². The van der Waals surface area contributed by atoms with Gasteiger partial charge in [0.25, 0.3) is 0 Å². The average Bonchev–Trinajstić information content (AvgIpc) is 2.41. The van der Waals surface area contributed by atoms with E-state index in [0.717, 1.165) is 4.90 Å². The van der Waals surface area contributed by atoms with Crippen molar-refractivity contribution in [3.05, 3.63) is 29.3 Å². The van der Waals surface area contributed by atoms with Crippen molar-refractivity contribution in [1.29, 1.82) is 0 Å². The molecule has 2 amide bonds. The largest absolute Gasteiger partial charge is 0.480 e. The molecule has 0 aliphatic heterocycles. The third-order valence-electron chi connectivity index (χ3n) is 2.57. The van der Waals surface area contributed by atoms with Crippen LogP contribution >= 0.6 is 11.6 Å². The fraction of sp³-hybridized carbons (Fsp3) is 0.286. The molecule has 1 atom stereocenters. The van der Waals surface area contributed by atoms with Gasteiger partial charge in [-0.1, -0.05) is 30.5 Å². The number of benzene rings is 1. The predicted molar refractivity (Wildman–Crippen MR) is 77.9 cm³/mol. The highest BCUT2D eigenvalue weighted by molar-refractivity contribution is 6.30. The van der Waals surface area contributed by atoms with Gasteiger partial charge in [-0.25, -0.2) is 4.79 Å². The molecule has 1 aromatic carbocycles. The summed E-state index contributed by atoms with van der Waals surface area (Å²) in [5, 5.41) is 11.9. The first-order valence-corrected chi connectivity index (χ1v) is 6.37. The Morgan fingerprint density at radius 2 is 2.25 bits per heavy atom. The maximum absolute atomic E-state index is 12.1. The molecule has 106 valence electrons. The van der Waals surface area contributed by atoms with Crippen molar-refractivity contribution in [3.8, 4) is 12.3 Å². The molecule has 6 heteroatoms. The van der Waals surface area contributed by atoms with Crippen LogP contribution in [-0.2, 0) is 4.79 Å². The van der Waals surface area contributed by atoms with Gasteiger partial charge in [-0.2, -0.15) is 0 Å². The van der Waals surface area contributed by atoms with Gasteiger partial charge in [-0.3, -0.25) is 9.69 Å². The van der Waals surface area contributed by atoms with E-state index in [4.69, 9.17) is 23.1 Å². The molecule has 0 aromatic heterocycles. The van der Waals surface area contributed by atoms with Gasteiger partial charge in [-0.15, -0.1) is 6.42 Å². The summed E-state index contributed by atoms with van der Waals surface area (Å²) in [7, 11) is 0. The van der Waals surface area contributed by atoms with Crippen molar-refractivity contribution in [2.45, 2.75) is 19.4 Å². The SMILES string of the molecule is C#CC(CC)NC(=O)N(CC(=O)O)c1cccc(Cl)c1. The quantitative estimate of drug-likeness (QED) is 0.819. The van der Waals surface area contributed by atoms with Gasteiger partial charge in [0.2, 0.25) is 0 Å². The lowest BCUT2D eigenvalue weighted by molar-refractivity contribution is -0.135. The number of hydrogen-bond donors (Lipinski definition) is 2. The number of halogens is 1. The van der Waals surface area contributed by atoms with E-state index in [-0.39, 0.29) is 0 Å². The fourth-order valence-corrected chi connectivity index (χ4v) is 1.73. The number of aliphatic carboxylic acids is 1. The molecule has 0 bridgehead atoms. The number of nitrogens with zero attached hydrogens (tertiary/aromatic N) is 1. The van der Waals surface area contributed by atoms with Crippen molar-refractivity contribution in [2.24, 2.45) is 0 Å². The zero-order valence-corrected chi connectivity index (χ0v) is 11.7. The number of carbonyl (C=O) groups is 2. The molecule has 1 aromatic rings. The molecular weight excluding hydrogens is 280 g/mol. The molecule has 20 heavy (non-hydrogen) atoms. The van der Waals surface area contributed by atoms with E-state index in [1.807, 2.05) is 6.92 Å². The maximum Gasteiger partial charge on any atom is 0.323 e. The molecule has 2 N–H and O–H groups in total. The first-order chi connectivity index (χ1) is 9.47. The molecule has 0 radical (unpaired) electrons. The number of carboxylic acids is 1. The molecule has 0 saturated carbocycles. The van der Waals surface area contributed by atoms with E-state index < -0.39 is 24.6 Å². The Morgan fingerprint density at radius 3 is 2.75 bits per heavy atom. The summed E-state index contributed by atoms with van der Waals surface area (Å²) in [6.07, 6.45) is 5.83. The van der Waals surface area contributed by atoms with E-state index in [2.05, 4.69) is 11.2 Å². The Balaban J connectivity index is 2.98. The van der Waals surface area contributed by atoms with Crippen LogP contribution in [0.4, 0.5) is 10.5 Å². The van der Waals surface area contributed by atoms with Crippen molar-refractivity contribution in [1.82, 2.24) is 5.32 Å². The molecule has 0 aliphatic carbocycles. The van der Waals surface area contributed by atoms with E-state index in [1.54, 1.807) is 18.2 Å². The standard InChI is InChI=1S/C14H15ClN2O3/c1-3-11(4-2)16-14(20)17(9-13(18)19)12-7-5-6-10(15)8-12/h1,5-8,11H,4,9H2,2H3,(H,16,20)(H,18,19). The van der Waals surface area contributed by atoms with E-state index in [9.17, 15) is 9.59 Å². The highest BCUT2D eigenvalue weighted by atomic mass is 35.5. The Morgan fingerprint density at radius 1 is 1.55 bits per heavy atom. The van der Waals surface area contributed by atoms with E-state index in [0.29, 0.717) is 17.1 Å². The summed E-state index contributed by atoms with van der Waals surface area (Å²) in [5.41, 5.74) is 0.393. The molecule has 0 aliphatic rings. The Hall–Kier alpha value is -2.19. The number of rotatable bonds is 5. The minimum atomic E-state index is -1.13. The number of hydrogen-bond acceptors (Lipinski definition) is 2. The average molecular weight is 295 g/mol. The van der Waals surface area contributed by atoms with Gasteiger partial charge in [0.15, 0.2) is 0 Å². The van der Waals surface area contributed by atoms with Gasteiger partial charge in [-0.05, 0) is 24.6 Å². The highest BCUT2D eigenvalue weighted by Crippen LogP contribution is 2.19. The zero-order valence-electron chi connectivity index (χ0n) is 11.0. The molecular formula is C14H15ClN2O3. The molecule has 0 heterocycles. The number of urea groups is 1. The lowest BCUT2D eigenvalue weighted by atomic mass is 10.2. The van der Waals surface area contributed by atoms with Gasteiger partial charge in [0, 0.05) is 10.7 Å². The minimum Gasteiger partial charge on any atom is -0.480 e. The lowest BCUT2D eigenvalue weighted by Crippen LogP contribution is -2.46.